The molecule has 5 nitrogen and oxygen atoms in total. The van der Waals surface area contributed by atoms with Gasteiger partial charge in [0.1, 0.15) is 0 Å². The zero-order chi connectivity index (χ0) is 11.7. The molecule has 1 aliphatic heterocycles. The summed E-state index contributed by atoms with van der Waals surface area (Å²) < 4.78 is 0. The topological polar surface area (TPSA) is 77.8 Å². The third-order valence-corrected chi connectivity index (χ3v) is 3.61. The van der Waals surface area contributed by atoms with Crippen LogP contribution in [0.3, 0.4) is 0 Å². The molecule has 0 aromatic heterocycles. The summed E-state index contributed by atoms with van der Waals surface area (Å²) in [4.78, 5) is 24.2. The Bertz CT molecular complexity index is 296. The number of aliphatic carboxylic acids is 1. The summed E-state index contributed by atoms with van der Waals surface area (Å²) in [5, 5.41) is 18.2. The molecule has 1 saturated heterocycles. The van der Waals surface area contributed by atoms with Crippen molar-refractivity contribution in [1.82, 2.24) is 4.90 Å². The van der Waals surface area contributed by atoms with Gasteiger partial charge in [0, 0.05) is 19.0 Å². The van der Waals surface area contributed by atoms with Crippen molar-refractivity contribution in [2.75, 3.05) is 6.54 Å². The van der Waals surface area contributed by atoms with Crippen LogP contribution in [-0.4, -0.2) is 45.7 Å². The molecule has 0 spiro atoms. The maximum Gasteiger partial charge on any atom is 0.308 e. The highest BCUT2D eigenvalue weighted by Gasteiger charge is 2.38. The minimum Gasteiger partial charge on any atom is -0.481 e. The molecule has 0 bridgehead atoms. The highest BCUT2D eigenvalue weighted by molar-refractivity contribution is 5.86. The van der Waals surface area contributed by atoms with Crippen molar-refractivity contribution in [1.29, 1.82) is 0 Å². The zero-order valence-electron chi connectivity index (χ0n) is 9.13. The van der Waals surface area contributed by atoms with E-state index >= 15 is 0 Å². The van der Waals surface area contributed by atoms with Crippen LogP contribution < -0.4 is 0 Å². The fourth-order valence-corrected chi connectivity index (χ4v) is 2.62. The summed E-state index contributed by atoms with van der Waals surface area (Å²) in [5.41, 5.74) is 0. The Morgan fingerprint density at radius 2 is 1.88 bits per heavy atom. The van der Waals surface area contributed by atoms with Gasteiger partial charge in [-0.1, -0.05) is 0 Å². The van der Waals surface area contributed by atoms with E-state index in [1.54, 1.807) is 4.90 Å². The standard InChI is InChI=1S/C11H17NO4/c13-9-3-1-8(2-4-9)12-6-7(11(15)16)5-10(12)14/h7-9,13H,1-6H2,(H,15,16). The van der Waals surface area contributed by atoms with Crippen molar-refractivity contribution in [2.45, 2.75) is 44.2 Å². The Morgan fingerprint density at radius 1 is 1.25 bits per heavy atom. The van der Waals surface area contributed by atoms with Gasteiger partial charge in [-0.2, -0.15) is 0 Å². The van der Waals surface area contributed by atoms with E-state index in [1.165, 1.54) is 0 Å². The number of carboxylic acids is 1. The van der Waals surface area contributed by atoms with Crippen LogP contribution in [0, 0.1) is 5.92 Å². The number of amides is 1. The molecule has 1 atom stereocenters. The first-order valence-electron chi connectivity index (χ1n) is 5.78. The fraction of sp³-hybridized carbons (Fsp3) is 0.818. The van der Waals surface area contributed by atoms with Gasteiger partial charge >= 0.3 is 5.97 Å². The van der Waals surface area contributed by atoms with Crippen molar-refractivity contribution >= 4 is 11.9 Å². The van der Waals surface area contributed by atoms with Gasteiger partial charge in [0.15, 0.2) is 0 Å². The molecule has 1 aliphatic carbocycles. The molecule has 1 saturated carbocycles. The second kappa shape index (κ2) is 4.41. The lowest BCUT2D eigenvalue weighted by atomic mass is 9.92. The Labute approximate surface area is 94.0 Å². The third kappa shape index (κ3) is 2.19. The van der Waals surface area contributed by atoms with E-state index in [9.17, 15) is 14.7 Å². The lowest BCUT2D eigenvalue weighted by Crippen LogP contribution is -2.40. The molecule has 0 aromatic carbocycles. The summed E-state index contributed by atoms with van der Waals surface area (Å²) in [6.45, 7) is 0.342. The van der Waals surface area contributed by atoms with Crippen molar-refractivity contribution in [3.63, 3.8) is 0 Å². The number of carboxylic acid groups (broad SMARTS) is 1. The van der Waals surface area contributed by atoms with E-state index in [0.29, 0.717) is 19.4 Å². The van der Waals surface area contributed by atoms with E-state index in [2.05, 4.69) is 0 Å². The van der Waals surface area contributed by atoms with Crippen LogP contribution in [-0.2, 0) is 9.59 Å². The molecule has 2 fully saturated rings. The molecule has 1 amide bonds. The Kier molecular flexibility index (Phi) is 3.14. The van der Waals surface area contributed by atoms with Gasteiger partial charge in [-0.3, -0.25) is 9.59 Å². The number of nitrogens with zero attached hydrogens (tertiary/aromatic N) is 1. The first-order chi connectivity index (χ1) is 7.58. The number of aliphatic hydroxyl groups is 1. The summed E-state index contributed by atoms with van der Waals surface area (Å²) >= 11 is 0. The molecule has 1 unspecified atom stereocenters. The molecule has 5 heteroatoms. The maximum atomic E-state index is 11.7. The van der Waals surface area contributed by atoms with Crippen LogP contribution >= 0.6 is 0 Å². The highest BCUT2D eigenvalue weighted by Crippen LogP contribution is 2.28. The third-order valence-electron chi connectivity index (χ3n) is 3.61. The van der Waals surface area contributed by atoms with Gasteiger partial charge in [0.2, 0.25) is 5.91 Å². The van der Waals surface area contributed by atoms with Gasteiger partial charge in [-0.25, -0.2) is 0 Å². The van der Waals surface area contributed by atoms with Gasteiger partial charge in [-0.15, -0.1) is 0 Å². The molecular formula is C11H17NO4. The van der Waals surface area contributed by atoms with E-state index in [0.717, 1.165) is 12.8 Å². The van der Waals surface area contributed by atoms with Crippen molar-refractivity contribution in [2.24, 2.45) is 5.92 Å². The van der Waals surface area contributed by atoms with Crippen LogP contribution in [0.2, 0.25) is 0 Å². The molecule has 16 heavy (non-hydrogen) atoms. The molecule has 1 heterocycles. The minimum absolute atomic E-state index is 0.0474. The van der Waals surface area contributed by atoms with Crippen molar-refractivity contribution in [3.8, 4) is 0 Å². The SMILES string of the molecule is O=C(O)C1CC(=O)N(C2CCC(O)CC2)C1. The number of hydrogen-bond acceptors (Lipinski definition) is 3. The average Bonchev–Trinajstić information content (AvgIpc) is 2.62. The predicted octanol–water partition coefficient (Wildman–Crippen LogP) is 0.223. The number of hydrogen-bond donors (Lipinski definition) is 2. The van der Waals surface area contributed by atoms with Crippen LogP contribution in [0.4, 0.5) is 0 Å². The Hall–Kier alpha value is -1.10. The van der Waals surface area contributed by atoms with Crippen LogP contribution in [0.25, 0.3) is 0 Å². The van der Waals surface area contributed by atoms with E-state index < -0.39 is 11.9 Å². The molecule has 2 aliphatic rings. The quantitative estimate of drug-likeness (QED) is 0.707. The molecular weight excluding hydrogens is 210 g/mol. The predicted molar refractivity (Wildman–Crippen MR) is 55.7 cm³/mol. The maximum absolute atomic E-state index is 11.7. The molecule has 0 radical (unpaired) electrons. The molecule has 2 N–H and O–H groups in total. The summed E-state index contributed by atoms with van der Waals surface area (Å²) in [7, 11) is 0. The van der Waals surface area contributed by atoms with Crippen LogP contribution in [0.5, 0.6) is 0 Å². The first kappa shape index (κ1) is 11.4. The number of likely N-dealkylation sites (tertiary alicyclic amines) is 1. The van der Waals surface area contributed by atoms with Crippen LogP contribution in [0.15, 0.2) is 0 Å². The minimum atomic E-state index is -0.883. The van der Waals surface area contributed by atoms with Crippen molar-refractivity contribution < 1.29 is 19.8 Å². The van der Waals surface area contributed by atoms with Crippen molar-refractivity contribution in [3.05, 3.63) is 0 Å². The average molecular weight is 227 g/mol. The zero-order valence-corrected chi connectivity index (χ0v) is 9.13. The molecule has 90 valence electrons. The van der Waals surface area contributed by atoms with Gasteiger partial charge in [0.05, 0.1) is 12.0 Å². The first-order valence-corrected chi connectivity index (χ1v) is 5.78. The smallest absolute Gasteiger partial charge is 0.308 e. The number of carbonyl (C=O) groups excluding carboxylic acids is 1. The fourth-order valence-electron chi connectivity index (χ4n) is 2.62. The summed E-state index contributed by atoms with van der Waals surface area (Å²) in [5.74, 6) is -1.47. The number of carbonyl (C=O) groups is 2. The van der Waals surface area contributed by atoms with Gasteiger partial charge < -0.3 is 15.1 Å². The van der Waals surface area contributed by atoms with E-state index in [-0.39, 0.29) is 24.5 Å². The highest BCUT2D eigenvalue weighted by atomic mass is 16.4. The van der Waals surface area contributed by atoms with Gasteiger partial charge in [0.25, 0.3) is 0 Å². The van der Waals surface area contributed by atoms with E-state index in [1.807, 2.05) is 0 Å². The molecule has 2 rings (SSSR count). The largest absolute Gasteiger partial charge is 0.481 e. The number of rotatable bonds is 2. The Morgan fingerprint density at radius 3 is 2.38 bits per heavy atom. The second-order valence-electron chi connectivity index (χ2n) is 4.75. The van der Waals surface area contributed by atoms with Crippen LogP contribution in [0.1, 0.15) is 32.1 Å². The lowest BCUT2D eigenvalue weighted by molar-refractivity contribution is -0.141. The summed E-state index contributed by atoms with van der Waals surface area (Å²) in [6.07, 6.45) is 2.90. The normalized spacial score (nSPS) is 35.4. The molecule has 0 aromatic rings. The monoisotopic (exact) mass is 227 g/mol. The number of aliphatic hydroxyl groups excluding tert-OH is 1. The lowest BCUT2D eigenvalue weighted by Gasteiger charge is -2.33. The summed E-state index contributed by atoms with van der Waals surface area (Å²) in [6, 6.07) is 0.139. The van der Waals surface area contributed by atoms with E-state index in [4.69, 9.17) is 5.11 Å². The van der Waals surface area contributed by atoms with Gasteiger partial charge in [-0.05, 0) is 25.7 Å². The Balaban J connectivity index is 1.95. The second-order valence-corrected chi connectivity index (χ2v) is 4.75.